The molecule has 0 saturated heterocycles. The second kappa shape index (κ2) is 5.51. The van der Waals surface area contributed by atoms with Gasteiger partial charge in [-0.1, -0.05) is 0 Å². The fourth-order valence-electron chi connectivity index (χ4n) is 1.34. The van der Waals surface area contributed by atoms with Gasteiger partial charge >= 0.3 is 5.97 Å². The maximum absolute atomic E-state index is 13.1. The second-order valence-corrected chi connectivity index (χ2v) is 3.17. The topological polar surface area (TPSA) is 59.2 Å². The number of hydrogen-bond donors (Lipinski definition) is 1. The van der Waals surface area contributed by atoms with Gasteiger partial charge in [0.1, 0.15) is 0 Å². The van der Waals surface area contributed by atoms with Crippen LogP contribution < -0.4 is 5.56 Å². The van der Waals surface area contributed by atoms with Crippen molar-refractivity contribution in [1.29, 1.82) is 0 Å². The number of aromatic nitrogens is 1. The Balaban J connectivity index is 3.12. The van der Waals surface area contributed by atoms with E-state index in [2.05, 4.69) is 4.74 Å². The van der Waals surface area contributed by atoms with Gasteiger partial charge in [-0.2, -0.15) is 4.39 Å². The van der Waals surface area contributed by atoms with Gasteiger partial charge < -0.3 is 4.74 Å². The van der Waals surface area contributed by atoms with Crippen molar-refractivity contribution >= 4 is 5.97 Å². The van der Waals surface area contributed by atoms with E-state index in [0.717, 1.165) is 6.07 Å². The molecule has 1 rings (SSSR count). The van der Waals surface area contributed by atoms with E-state index < -0.39 is 35.9 Å². The number of hydrogen-bond acceptors (Lipinski definition) is 3. The van der Waals surface area contributed by atoms with Crippen molar-refractivity contribution in [1.82, 2.24) is 4.98 Å². The molecule has 1 aromatic heterocycles. The van der Waals surface area contributed by atoms with Gasteiger partial charge in [0, 0.05) is 6.07 Å². The molecule has 0 radical (unpaired) electrons. The molecule has 17 heavy (non-hydrogen) atoms. The zero-order chi connectivity index (χ0) is 13.0. The van der Waals surface area contributed by atoms with Crippen molar-refractivity contribution in [3.05, 3.63) is 33.5 Å². The molecule has 0 unspecified atom stereocenters. The molecule has 1 aromatic rings. The maximum atomic E-state index is 13.1. The smallest absolute Gasteiger partial charge is 0.310 e. The Kier molecular flexibility index (Phi) is 4.30. The van der Waals surface area contributed by atoms with Crippen molar-refractivity contribution in [2.24, 2.45) is 0 Å². The van der Waals surface area contributed by atoms with E-state index >= 15 is 0 Å². The summed E-state index contributed by atoms with van der Waals surface area (Å²) in [6, 6.07) is 0.765. The minimum absolute atomic E-state index is 0.0779. The first-order valence-corrected chi connectivity index (χ1v) is 4.81. The van der Waals surface area contributed by atoms with Crippen molar-refractivity contribution in [2.75, 3.05) is 6.61 Å². The molecular formula is C10H10F3NO3. The minimum Gasteiger partial charge on any atom is -0.466 e. The standard InChI is InChI=1S/C10H10F3NO3/c1-2-17-7(16)4-5-3-6(15)14-10(13)8(5)9(11)12/h3,9H,2,4H2,1H3,(H,14,15). The molecule has 0 aromatic carbocycles. The molecule has 0 fully saturated rings. The van der Waals surface area contributed by atoms with Crippen LogP contribution in [0.2, 0.25) is 0 Å². The normalized spacial score (nSPS) is 10.6. The number of carbonyl (C=O) groups is 1. The lowest BCUT2D eigenvalue weighted by Crippen LogP contribution is -2.17. The summed E-state index contributed by atoms with van der Waals surface area (Å²) < 4.78 is 42.7. The largest absolute Gasteiger partial charge is 0.466 e. The molecular weight excluding hydrogens is 239 g/mol. The number of carbonyl (C=O) groups excluding carboxylic acids is 1. The predicted molar refractivity (Wildman–Crippen MR) is 52.3 cm³/mol. The molecule has 0 bridgehead atoms. The molecule has 1 N–H and O–H groups in total. The third-order valence-electron chi connectivity index (χ3n) is 1.98. The number of rotatable bonds is 4. The Hall–Kier alpha value is -1.79. The molecule has 0 spiro atoms. The number of ether oxygens (including phenoxy) is 1. The summed E-state index contributed by atoms with van der Waals surface area (Å²) in [5.41, 5.74) is -2.22. The van der Waals surface area contributed by atoms with Gasteiger partial charge in [-0.15, -0.1) is 0 Å². The van der Waals surface area contributed by atoms with Crippen molar-refractivity contribution < 1.29 is 22.7 Å². The lowest BCUT2D eigenvalue weighted by atomic mass is 10.1. The second-order valence-electron chi connectivity index (χ2n) is 3.17. The summed E-state index contributed by atoms with van der Waals surface area (Å²) in [5, 5.41) is 0. The molecule has 0 atom stereocenters. The number of pyridine rings is 1. The van der Waals surface area contributed by atoms with Crippen LogP contribution in [0.5, 0.6) is 0 Å². The van der Waals surface area contributed by atoms with Crippen LogP contribution in [-0.2, 0) is 16.0 Å². The monoisotopic (exact) mass is 249 g/mol. The predicted octanol–water partition coefficient (Wildman–Crippen LogP) is 1.56. The fourth-order valence-corrected chi connectivity index (χ4v) is 1.34. The Bertz CT molecular complexity index is 470. The fraction of sp³-hybridized carbons (Fsp3) is 0.400. The highest BCUT2D eigenvalue weighted by atomic mass is 19.3. The Morgan fingerprint density at radius 1 is 1.53 bits per heavy atom. The van der Waals surface area contributed by atoms with E-state index in [1.165, 1.54) is 0 Å². The molecule has 0 saturated carbocycles. The van der Waals surface area contributed by atoms with Crippen LogP contribution in [0.25, 0.3) is 0 Å². The first-order valence-electron chi connectivity index (χ1n) is 4.81. The van der Waals surface area contributed by atoms with E-state index in [9.17, 15) is 22.8 Å². The molecule has 0 amide bonds. The van der Waals surface area contributed by atoms with Crippen LogP contribution in [-0.4, -0.2) is 17.6 Å². The van der Waals surface area contributed by atoms with Crippen LogP contribution >= 0.6 is 0 Å². The van der Waals surface area contributed by atoms with E-state index in [0.29, 0.717) is 0 Å². The van der Waals surface area contributed by atoms with Gasteiger partial charge in [0.25, 0.3) is 6.43 Å². The molecule has 0 aliphatic carbocycles. The average molecular weight is 249 g/mol. The summed E-state index contributed by atoms with van der Waals surface area (Å²) in [6.45, 7) is 1.62. The van der Waals surface area contributed by atoms with Crippen molar-refractivity contribution in [2.45, 2.75) is 19.8 Å². The van der Waals surface area contributed by atoms with E-state index in [-0.39, 0.29) is 12.2 Å². The highest BCUT2D eigenvalue weighted by Gasteiger charge is 2.21. The van der Waals surface area contributed by atoms with Crippen LogP contribution in [0.3, 0.4) is 0 Å². The lowest BCUT2D eigenvalue weighted by Gasteiger charge is -2.08. The number of nitrogens with one attached hydrogen (secondary N) is 1. The highest BCUT2D eigenvalue weighted by molar-refractivity contribution is 5.73. The summed E-state index contributed by atoms with van der Waals surface area (Å²) in [4.78, 5) is 23.7. The Morgan fingerprint density at radius 3 is 2.71 bits per heavy atom. The molecule has 1 heterocycles. The number of halogens is 3. The molecule has 0 aliphatic rings. The van der Waals surface area contributed by atoms with Crippen LogP contribution in [0.15, 0.2) is 10.9 Å². The van der Waals surface area contributed by atoms with Gasteiger partial charge in [0.15, 0.2) is 0 Å². The van der Waals surface area contributed by atoms with Crippen LogP contribution in [0.4, 0.5) is 13.2 Å². The highest BCUT2D eigenvalue weighted by Crippen LogP contribution is 2.24. The van der Waals surface area contributed by atoms with Crippen LogP contribution in [0, 0.1) is 5.95 Å². The number of aromatic amines is 1. The third-order valence-corrected chi connectivity index (χ3v) is 1.98. The molecule has 7 heteroatoms. The third kappa shape index (κ3) is 3.33. The first-order chi connectivity index (χ1) is 7.95. The van der Waals surface area contributed by atoms with Crippen molar-refractivity contribution in [3.63, 3.8) is 0 Å². The van der Waals surface area contributed by atoms with Crippen molar-refractivity contribution in [3.8, 4) is 0 Å². The van der Waals surface area contributed by atoms with Gasteiger partial charge in [-0.3, -0.25) is 14.6 Å². The Morgan fingerprint density at radius 2 is 2.18 bits per heavy atom. The van der Waals surface area contributed by atoms with E-state index in [4.69, 9.17) is 0 Å². The summed E-state index contributed by atoms with van der Waals surface area (Å²) in [6.07, 6.45) is -3.68. The van der Waals surface area contributed by atoms with E-state index in [1.807, 2.05) is 0 Å². The number of alkyl halides is 2. The SMILES string of the molecule is CCOC(=O)Cc1cc(=O)[nH]c(F)c1C(F)F. The minimum atomic E-state index is -3.11. The number of esters is 1. The van der Waals surface area contributed by atoms with Gasteiger partial charge in [0.05, 0.1) is 18.6 Å². The quantitative estimate of drug-likeness (QED) is 0.650. The lowest BCUT2D eigenvalue weighted by molar-refractivity contribution is -0.142. The average Bonchev–Trinajstić information content (AvgIpc) is 2.15. The Labute approximate surface area is 94.4 Å². The first kappa shape index (κ1) is 13.3. The zero-order valence-electron chi connectivity index (χ0n) is 8.93. The summed E-state index contributed by atoms with van der Waals surface area (Å²) in [7, 11) is 0. The molecule has 4 nitrogen and oxygen atoms in total. The van der Waals surface area contributed by atoms with Gasteiger partial charge in [-0.05, 0) is 12.5 Å². The van der Waals surface area contributed by atoms with Crippen LogP contribution in [0.1, 0.15) is 24.5 Å². The van der Waals surface area contributed by atoms with E-state index in [1.54, 1.807) is 11.9 Å². The zero-order valence-corrected chi connectivity index (χ0v) is 8.93. The summed E-state index contributed by atoms with van der Waals surface area (Å²) >= 11 is 0. The summed E-state index contributed by atoms with van der Waals surface area (Å²) in [5.74, 6) is -2.22. The van der Waals surface area contributed by atoms with Gasteiger partial charge in [-0.25, -0.2) is 8.78 Å². The number of H-pyrrole nitrogens is 1. The molecule has 94 valence electrons. The van der Waals surface area contributed by atoms with Gasteiger partial charge in [0.2, 0.25) is 11.5 Å². The molecule has 0 aliphatic heterocycles. The maximum Gasteiger partial charge on any atom is 0.310 e.